The highest BCUT2D eigenvalue weighted by molar-refractivity contribution is 5.94. The van der Waals surface area contributed by atoms with E-state index in [9.17, 15) is 4.79 Å². The maximum atomic E-state index is 12.4. The molecule has 6 heteroatoms. The molecule has 0 bridgehead atoms. The number of carbonyl (C=O) groups is 1. The molecule has 1 fully saturated rings. The van der Waals surface area contributed by atoms with Crippen LogP contribution in [-0.4, -0.2) is 49.8 Å². The Hall–Kier alpha value is -1.30. The fourth-order valence-electron chi connectivity index (χ4n) is 2.66. The Labute approximate surface area is 157 Å². The molecule has 2 atom stereocenters. The Balaban J connectivity index is 0.00000312. The van der Waals surface area contributed by atoms with E-state index in [4.69, 9.17) is 15.2 Å². The minimum Gasteiger partial charge on any atom is -0.491 e. The average molecular weight is 371 g/mol. The van der Waals surface area contributed by atoms with Crippen LogP contribution in [-0.2, 0) is 4.74 Å². The molecular formula is C19H31ClN2O3. The summed E-state index contributed by atoms with van der Waals surface area (Å²) < 4.78 is 11.3. The van der Waals surface area contributed by atoms with Crippen molar-refractivity contribution in [2.45, 2.75) is 45.3 Å². The summed E-state index contributed by atoms with van der Waals surface area (Å²) in [4.78, 5) is 14.2. The third kappa shape index (κ3) is 6.84. The van der Waals surface area contributed by atoms with Crippen molar-refractivity contribution in [2.24, 2.45) is 11.7 Å². The zero-order valence-electron chi connectivity index (χ0n) is 15.4. The molecule has 1 aromatic carbocycles. The molecular weight excluding hydrogens is 340 g/mol. The van der Waals surface area contributed by atoms with Crippen molar-refractivity contribution >= 4 is 18.3 Å². The number of ether oxygens (including phenoxy) is 2. The molecule has 0 aliphatic carbocycles. The predicted octanol–water partition coefficient (Wildman–Crippen LogP) is 3.11. The van der Waals surface area contributed by atoms with Crippen LogP contribution in [0.15, 0.2) is 24.3 Å². The van der Waals surface area contributed by atoms with Crippen molar-refractivity contribution in [3.63, 3.8) is 0 Å². The van der Waals surface area contributed by atoms with Gasteiger partial charge < -0.3 is 20.1 Å². The molecule has 1 aromatic rings. The van der Waals surface area contributed by atoms with Crippen LogP contribution in [0.2, 0.25) is 0 Å². The number of hydrogen-bond donors (Lipinski definition) is 1. The van der Waals surface area contributed by atoms with Crippen molar-refractivity contribution in [3.8, 4) is 5.75 Å². The first-order chi connectivity index (χ1) is 11.5. The van der Waals surface area contributed by atoms with Gasteiger partial charge in [0, 0.05) is 31.8 Å². The highest BCUT2D eigenvalue weighted by Crippen LogP contribution is 2.17. The Kier molecular flexibility index (Phi) is 9.25. The smallest absolute Gasteiger partial charge is 0.253 e. The number of amides is 1. The van der Waals surface area contributed by atoms with Crippen LogP contribution in [0.1, 0.15) is 43.5 Å². The average Bonchev–Trinajstić information content (AvgIpc) is 3.10. The van der Waals surface area contributed by atoms with Crippen LogP contribution in [0.5, 0.6) is 5.75 Å². The lowest BCUT2D eigenvalue weighted by Gasteiger charge is -2.21. The summed E-state index contributed by atoms with van der Waals surface area (Å²) in [6, 6.07) is 7.43. The van der Waals surface area contributed by atoms with Crippen LogP contribution in [0.25, 0.3) is 0 Å². The molecule has 2 N–H and O–H groups in total. The van der Waals surface area contributed by atoms with Gasteiger partial charge in [0.05, 0.1) is 6.10 Å². The molecule has 2 unspecified atom stereocenters. The summed E-state index contributed by atoms with van der Waals surface area (Å²) >= 11 is 0. The maximum Gasteiger partial charge on any atom is 0.253 e. The topological polar surface area (TPSA) is 64.8 Å². The van der Waals surface area contributed by atoms with Crippen LogP contribution >= 0.6 is 12.4 Å². The van der Waals surface area contributed by atoms with Gasteiger partial charge in [0.1, 0.15) is 12.4 Å². The monoisotopic (exact) mass is 370 g/mol. The first-order valence-electron chi connectivity index (χ1n) is 8.83. The second kappa shape index (κ2) is 10.6. The largest absolute Gasteiger partial charge is 0.491 e. The first kappa shape index (κ1) is 21.7. The zero-order valence-corrected chi connectivity index (χ0v) is 16.3. The molecule has 0 saturated carbocycles. The normalized spacial score (nSPS) is 17.9. The van der Waals surface area contributed by atoms with Crippen LogP contribution in [0, 0.1) is 5.92 Å². The lowest BCUT2D eigenvalue weighted by Crippen LogP contribution is -2.34. The summed E-state index contributed by atoms with van der Waals surface area (Å²) in [7, 11) is 1.82. The van der Waals surface area contributed by atoms with E-state index in [1.165, 1.54) is 0 Å². The first-order valence-corrected chi connectivity index (χ1v) is 8.83. The van der Waals surface area contributed by atoms with Gasteiger partial charge in [-0.1, -0.05) is 13.8 Å². The third-order valence-electron chi connectivity index (χ3n) is 4.56. The summed E-state index contributed by atoms with van der Waals surface area (Å²) in [6.07, 6.45) is 3.17. The third-order valence-corrected chi connectivity index (χ3v) is 4.56. The standard InChI is InChI=1S/C19H30N2O3.ClH/c1-14(2)18(20)10-11-21(3)19(22)15-6-8-16(9-7-15)24-13-17-5-4-12-23-17;/h6-9,14,17-18H,4-5,10-13,20H2,1-3H3;1H. The fourth-order valence-corrected chi connectivity index (χ4v) is 2.66. The minimum absolute atomic E-state index is 0. The summed E-state index contributed by atoms with van der Waals surface area (Å²) in [5.41, 5.74) is 6.71. The minimum atomic E-state index is 0. The number of carbonyl (C=O) groups excluding carboxylic acids is 1. The molecule has 1 amide bonds. The van der Waals surface area contributed by atoms with E-state index in [2.05, 4.69) is 13.8 Å². The van der Waals surface area contributed by atoms with Gasteiger partial charge in [-0.05, 0) is 49.4 Å². The Bertz CT molecular complexity index is 516. The number of benzene rings is 1. The van der Waals surface area contributed by atoms with Gasteiger partial charge in [-0.25, -0.2) is 0 Å². The molecule has 1 saturated heterocycles. The lowest BCUT2D eigenvalue weighted by molar-refractivity contribution is 0.0679. The molecule has 1 aliphatic rings. The van der Waals surface area contributed by atoms with E-state index in [0.29, 0.717) is 24.6 Å². The van der Waals surface area contributed by atoms with E-state index in [1.807, 2.05) is 31.3 Å². The van der Waals surface area contributed by atoms with Gasteiger partial charge >= 0.3 is 0 Å². The highest BCUT2D eigenvalue weighted by atomic mass is 35.5. The number of halogens is 1. The van der Waals surface area contributed by atoms with E-state index in [1.54, 1.807) is 4.90 Å². The van der Waals surface area contributed by atoms with E-state index in [0.717, 1.165) is 31.6 Å². The van der Waals surface area contributed by atoms with Gasteiger partial charge in [-0.2, -0.15) is 0 Å². The predicted molar refractivity (Wildman–Crippen MR) is 103 cm³/mol. The van der Waals surface area contributed by atoms with E-state index in [-0.39, 0.29) is 30.5 Å². The van der Waals surface area contributed by atoms with Crippen LogP contribution in [0.4, 0.5) is 0 Å². The molecule has 1 heterocycles. The molecule has 5 nitrogen and oxygen atoms in total. The van der Waals surface area contributed by atoms with Crippen LogP contribution < -0.4 is 10.5 Å². The SMILES string of the molecule is CC(C)C(N)CCN(C)C(=O)c1ccc(OCC2CCCO2)cc1.Cl. The Morgan fingerprint density at radius 1 is 1.36 bits per heavy atom. The lowest BCUT2D eigenvalue weighted by atomic mass is 10.0. The van der Waals surface area contributed by atoms with Gasteiger partial charge in [0.2, 0.25) is 0 Å². The fraction of sp³-hybridized carbons (Fsp3) is 0.632. The second-order valence-electron chi connectivity index (χ2n) is 6.89. The van der Waals surface area contributed by atoms with E-state index < -0.39 is 0 Å². The van der Waals surface area contributed by atoms with Crippen molar-refractivity contribution < 1.29 is 14.3 Å². The molecule has 2 rings (SSSR count). The quantitative estimate of drug-likeness (QED) is 0.763. The summed E-state index contributed by atoms with van der Waals surface area (Å²) in [5.74, 6) is 1.21. The van der Waals surface area contributed by atoms with E-state index >= 15 is 0 Å². The number of nitrogens with zero attached hydrogens (tertiary/aromatic N) is 1. The van der Waals surface area contributed by atoms with Crippen molar-refractivity contribution in [2.75, 3.05) is 26.8 Å². The van der Waals surface area contributed by atoms with Gasteiger partial charge in [-0.3, -0.25) is 4.79 Å². The van der Waals surface area contributed by atoms with Crippen molar-refractivity contribution in [1.82, 2.24) is 4.90 Å². The van der Waals surface area contributed by atoms with Gasteiger partial charge in [0.15, 0.2) is 0 Å². The Morgan fingerprint density at radius 2 is 2.04 bits per heavy atom. The van der Waals surface area contributed by atoms with Gasteiger partial charge in [0.25, 0.3) is 5.91 Å². The Morgan fingerprint density at radius 3 is 2.60 bits per heavy atom. The van der Waals surface area contributed by atoms with Gasteiger partial charge in [-0.15, -0.1) is 12.4 Å². The molecule has 25 heavy (non-hydrogen) atoms. The molecule has 0 aromatic heterocycles. The number of rotatable bonds is 8. The van der Waals surface area contributed by atoms with Crippen molar-refractivity contribution in [3.05, 3.63) is 29.8 Å². The number of hydrogen-bond acceptors (Lipinski definition) is 4. The van der Waals surface area contributed by atoms with Crippen molar-refractivity contribution in [1.29, 1.82) is 0 Å². The zero-order chi connectivity index (χ0) is 17.5. The molecule has 0 radical (unpaired) electrons. The molecule has 0 spiro atoms. The summed E-state index contributed by atoms with van der Waals surface area (Å²) in [6.45, 7) is 6.26. The molecule has 142 valence electrons. The maximum absolute atomic E-state index is 12.4. The summed E-state index contributed by atoms with van der Waals surface area (Å²) in [5, 5.41) is 0. The molecule has 1 aliphatic heterocycles. The second-order valence-corrected chi connectivity index (χ2v) is 6.89. The number of nitrogens with two attached hydrogens (primary N) is 1. The van der Waals surface area contributed by atoms with Crippen LogP contribution in [0.3, 0.4) is 0 Å². The highest BCUT2D eigenvalue weighted by Gasteiger charge is 2.17.